The number of rotatable bonds is 8. The van der Waals surface area contributed by atoms with Crippen molar-refractivity contribution in [2.24, 2.45) is 0 Å². The van der Waals surface area contributed by atoms with Gasteiger partial charge in [0.1, 0.15) is 5.76 Å². The predicted octanol–water partition coefficient (Wildman–Crippen LogP) is 0.995. The van der Waals surface area contributed by atoms with Crippen LogP contribution in [0.1, 0.15) is 17.9 Å². The van der Waals surface area contributed by atoms with Crippen LogP contribution in [-0.2, 0) is 20.8 Å². The van der Waals surface area contributed by atoms with Crippen LogP contribution in [0.4, 0.5) is 0 Å². The molecule has 6 heteroatoms. The molecule has 1 rings (SSSR count). The molecule has 0 aliphatic carbocycles. The molecule has 18 heavy (non-hydrogen) atoms. The van der Waals surface area contributed by atoms with E-state index in [0.29, 0.717) is 26.1 Å². The number of carbonyl (C=O) groups excluding carboxylic acids is 1. The fraction of sp³-hybridized carbons (Fsp3) is 0.667. The van der Waals surface area contributed by atoms with Gasteiger partial charge in [-0.2, -0.15) is 0 Å². The van der Waals surface area contributed by atoms with E-state index in [-0.39, 0.29) is 5.97 Å². The van der Waals surface area contributed by atoms with E-state index >= 15 is 0 Å². The van der Waals surface area contributed by atoms with Crippen LogP contribution in [0, 0.1) is 6.92 Å². The Bertz CT molecular complexity index is 365. The van der Waals surface area contributed by atoms with Crippen molar-refractivity contribution in [2.75, 3.05) is 33.9 Å². The molecule has 0 unspecified atom stereocenters. The molecule has 1 aromatic rings. The fourth-order valence-electron chi connectivity index (χ4n) is 1.53. The topological polar surface area (TPSA) is 64.8 Å². The molecular weight excluding hydrogens is 236 g/mol. The Balaban J connectivity index is 2.49. The highest BCUT2D eigenvalue weighted by Crippen LogP contribution is 2.08. The lowest BCUT2D eigenvalue weighted by Crippen LogP contribution is -2.30. The van der Waals surface area contributed by atoms with Gasteiger partial charge in [0.05, 0.1) is 25.8 Å². The van der Waals surface area contributed by atoms with Crippen molar-refractivity contribution in [1.82, 2.24) is 9.88 Å². The summed E-state index contributed by atoms with van der Waals surface area (Å²) in [6.07, 6.45) is 1.79. The summed E-state index contributed by atoms with van der Waals surface area (Å²) in [5.74, 6) is 0.588. The number of hydrogen-bond acceptors (Lipinski definition) is 6. The Hall–Kier alpha value is -1.40. The molecule has 1 aromatic heterocycles. The average molecular weight is 256 g/mol. The van der Waals surface area contributed by atoms with Crippen LogP contribution < -0.4 is 0 Å². The van der Waals surface area contributed by atoms with Crippen molar-refractivity contribution in [3.05, 3.63) is 17.8 Å². The highest BCUT2D eigenvalue weighted by Gasteiger charge is 2.12. The van der Waals surface area contributed by atoms with E-state index in [1.807, 2.05) is 6.92 Å². The summed E-state index contributed by atoms with van der Waals surface area (Å²) < 4.78 is 14.8. The highest BCUT2D eigenvalue weighted by atomic mass is 16.5. The third-order valence-corrected chi connectivity index (χ3v) is 2.69. The van der Waals surface area contributed by atoms with Crippen LogP contribution in [0.15, 0.2) is 10.8 Å². The third kappa shape index (κ3) is 4.85. The zero-order valence-electron chi connectivity index (χ0n) is 11.1. The summed E-state index contributed by atoms with van der Waals surface area (Å²) in [5, 5.41) is 0. The van der Waals surface area contributed by atoms with E-state index in [1.165, 1.54) is 13.5 Å². The van der Waals surface area contributed by atoms with Crippen LogP contribution in [0.2, 0.25) is 0 Å². The largest absolute Gasteiger partial charge is 0.469 e. The fourth-order valence-corrected chi connectivity index (χ4v) is 1.53. The Morgan fingerprint density at radius 2 is 2.22 bits per heavy atom. The molecule has 0 saturated heterocycles. The maximum atomic E-state index is 11.1. The molecule has 6 nitrogen and oxygen atoms in total. The van der Waals surface area contributed by atoms with Crippen molar-refractivity contribution >= 4 is 5.97 Å². The first-order chi connectivity index (χ1) is 8.67. The van der Waals surface area contributed by atoms with Crippen molar-refractivity contribution in [3.63, 3.8) is 0 Å². The summed E-state index contributed by atoms with van der Waals surface area (Å²) in [5.41, 5.74) is 0.885. The van der Waals surface area contributed by atoms with Gasteiger partial charge in [0.15, 0.2) is 6.39 Å². The first kappa shape index (κ1) is 14.7. The van der Waals surface area contributed by atoms with Crippen LogP contribution in [0.25, 0.3) is 0 Å². The molecule has 102 valence electrons. The van der Waals surface area contributed by atoms with Crippen LogP contribution in [0.3, 0.4) is 0 Å². The zero-order valence-corrected chi connectivity index (χ0v) is 11.1. The third-order valence-electron chi connectivity index (χ3n) is 2.69. The van der Waals surface area contributed by atoms with Gasteiger partial charge in [0.2, 0.25) is 0 Å². The minimum Gasteiger partial charge on any atom is -0.469 e. The smallest absolute Gasteiger partial charge is 0.306 e. The number of oxazole rings is 1. The molecule has 0 N–H and O–H groups in total. The van der Waals surface area contributed by atoms with E-state index in [2.05, 4.69) is 14.6 Å². The first-order valence-corrected chi connectivity index (χ1v) is 5.84. The SMILES string of the molecule is COCCN(CCC(=O)OC)Cc1ncoc1C. The van der Waals surface area contributed by atoms with Crippen molar-refractivity contribution in [1.29, 1.82) is 0 Å². The second-order valence-corrected chi connectivity index (χ2v) is 3.95. The van der Waals surface area contributed by atoms with Gasteiger partial charge in [-0.3, -0.25) is 9.69 Å². The summed E-state index contributed by atoms with van der Waals surface area (Å²) in [7, 11) is 3.05. The Morgan fingerprint density at radius 3 is 2.78 bits per heavy atom. The van der Waals surface area contributed by atoms with E-state index in [0.717, 1.165) is 18.0 Å². The number of aryl methyl sites for hydroxylation is 1. The van der Waals surface area contributed by atoms with Gasteiger partial charge in [0.25, 0.3) is 0 Å². The number of esters is 1. The maximum absolute atomic E-state index is 11.1. The summed E-state index contributed by atoms with van der Waals surface area (Å²) in [4.78, 5) is 17.4. The normalized spacial score (nSPS) is 10.9. The number of aromatic nitrogens is 1. The highest BCUT2D eigenvalue weighted by molar-refractivity contribution is 5.69. The number of methoxy groups -OCH3 is 2. The molecule has 0 amide bonds. The molecular formula is C12H20N2O4. The van der Waals surface area contributed by atoms with Crippen molar-refractivity contribution in [3.8, 4) is 0 Å². The van der Waals surface area contributed by atoms with Gasteiger partial charge in [-0.1, -0.05) is 0 Å². The zero-order chi connectivity index (χ0) is 13.4. The lowest BCUT2D eigenvalue weighted by atomic mass is 10.3. The van der Waals surface area contributed by atoms with Gasteiger partial charge < -0.3 is 13.9 Å². The Labute approximate surface area is 107 Å². The quantitative estimate of drug-likeness (QED) is 0.646. The van der Waals surface area contributed by atoms with Crippen LogP contribution in [-0.4, -0.2) is 49.8 Å². The Morgan fingerprint density at radius 1 is 1.44 bits per heavy atom. The number of hydrogen-bond donors (Lipinski definition) is 0. The number of nitrogens with zero attached hydrogens (tertiary/aromatic N) is 2. The summed E-state index contributed by atoms with van der Waals surface area (Å²) in [6, 6.07) is 0. The summed E-state index contributed by atoms with van der Waals surface area (Å²) in [6.45, 7) is 4.47. The van der Waals surface area contributed by atoms with Gasteiger partial charge >= 0.3 is 5.97 Å². The molecule has 0 fully saturated rings. The molecule has 1 heterocycles. The van der Waals surface area contributed by atoms with Crippen molar-refractivity contribution < 1.29 is 18.7 Å². The molecule has 0 spiro atoms. The number of carbonyl (C=O) groups is 1. The lowest BCUT2D eigenvalue weighted by molar-refractivity contribution is -0.141. The number of ether oxygens (including phenoxy) is 2. The lowest BCUT2D eigenvalue weighted by Gasteiger charge is -2.20. The molecule has 0 atom stereocenters. The molecule has 0 radical (unpaired) electrons. The summed E-state index contributed by atoms with van der Waals surface area (Å²) >= 11 is 0. The second kappa shape index (κ2) is 7.84. The van der Waals surface area contributed by atoms with Gasteiger partial charge in [-0.05, 0) is 6.92 Å². The molecule has 0 aromatic carbocycles. The van der Waals surface area contributed by atoms with E-state index < -0.39 is 0 Å². The predicted molar refractivity (Wildman–Crippen MR) is 65.0 cm³/mol. The first-order valence-electron chi connectivity index (χ1n) is 5.84. The van der Waals surface area contributed by atoms with Gasteiger partial charge in [-0.25, -0.2) is 4.98 Å². The minimum atomic E-state index is -0.214. The average Bonchev–Trinajstić information content (AvgIpc) is 2.77. The van der Waals surface area contributed by atoms with Crippen molar-refractivity contribution in [2.45, 2.75) is 19.9 Å². The van der Waals surface area contributed by atoms with E-state index in [4.69, 9.17) is 9.15 Å². The molecule has 0 aliphatic heterocycles. The van der Waals surface area contributed by atoms with Gasteiger partial charge in [0, 0.05) is 26.7 Å². The van der Waals surface area contributed by atoms with Crippen LogP contribution >= 0.6 is 0 Å². The molecule has 0 bridgehead atoms. The molecule has 0 aliphatic rings. The maximum Gasteiger partial charge on any atom is 0.306 e. The van der Waals surface area contributed by atoms with E-state index in [1.54, 1.807) is 7.11 Å². The van der Waals surface area contributed by atoms with Crippen LogP contribution in [0.5, 0.6) is 0 Å². The molecule has 0 saturated carbocycles. The minimum absolute atomic E-state index is 0.214. The standard InChI is InChI=1S/C12H20N2O4/c1-10-11(13-9-18-10)8-14(6-7-16-2)5-4-12(15)17-3/h9H,4-8H2,1-3H3. The monoisotopic (exact) mass is 256 g/mol. The Kier molecular flexibility index (Phi) is 6.38. The second-order valence-electron chi connectivity index (χ2n) is 3.95. The van der Waals surface area contributed by atoms with Gasteiger partial charge in [-0.15, -0.1) is 0 Å². The van der Waals surface area contributed by atoms with E-state index in [9.17, 15) is 4.79 Å².